The van der Waals surface area contributed by atoms with Gasteiger partial charge in [-0.05, 0) is 48.5 Å². The molecule has 1 aliphatic heterocycles. The Morgan fingerprint density at radius 3 is 2.00 bits per heavy atom. The molecule has 1 N–H and O–H groups in total. The predicted molar refractivity (Wildman–Crippen MR) is 103 cm³/mol. The van der Waals surface area contributed by atoms with Gasteiger partial charge in [-0.1, -0.05) is 0 Å². The Morgan fingerprint density at radius 1 is 0.741 bits per heavy atom. The average Bonchev–Trinajstić information content (AvgIpc) is 2.71. The number of hydrogen-bond donors (Lipinski definition) is 1. The summed E-state index contributed by atoms with van der Waals surface area (Å²) in [6, 6.07) is 14.6. The molecule has 5 nitrogen and oxygen atoms in total. The van der Waals surface area contributed by atoms with Crippen LogP contribution in [0.2, 0.25) is 0 Å². The van der Waals surface area contributed by atoms with Gasteiger partial charge >= 0.3 is 0 Å². The zero-order chi connectivity index (χ0) is 18.6. The van der Waals surface area contributed by atoms with Crippen LogP contribution < -0.4 is 15.1 Å². The highest BCUT2D eigenvalue weighted by Gasteiger charge is 2.18. The van der Waals surface area contributed by atoms with Gasteiger partial charge in [-0.15, -0.1) is 0 Å². The fourth-order valence-corrected chi connectivity index (χ4v) is 3.12. The maximum absolute atomic E-state index is 13.1. The summed E-state index contributed by atoms with van der Waals surface area (Å²) in [7, 11) is 0. The minimum atomic E-state index is -0.275. The molecule has 1 fully saturated rings. The number of rotatable bonds is 4. The Bertz CT molecular complexity index is 891. The maximum atomic E-state index is 13.1. The van der Waals surface area contributed by atoms with Crippen molar-refractivity contribution in [1.29, 1.82) is 0 Å². The first-order valence-electron chi connectivity index (χ1n) is 8.77. The predicted octanol–water partition coefficient (Wildman–Crippen LogP) is 3.83. The normalized spacial score (nSPS) is 14.3. The quantitative estimate of drug-likeness (QED) is 0.759. The molecule has 7 heteroatoms. The van der Waals surface area contributed by atoms with Gasteiger partial charge in [-0.25, -0.2) is 18.7 Å². The summed E-state index contributed by atoms with van der Waals surface area (Å²) in [5.74, 6) is 1.00. The van der Waals surface area contributed by atoms with Crippen LogP contribution in [0.3, 0.4) is 0 Å². The number of hydrogen-bond acceptors (Lipinski definition) is 5. The zero-order valence-electron chi connectivity index (χ0n) is 14.6. The summed E-state index contributed by atoms with van der Waals surface area (Å²) >= 11 is 0. The molecule has 2 aromatic carbocycles. The molecule has 27 heavy (non-hydrogen) atoms. The molecule has 0 aliphatic carbocycles. The Hall–Kier alpha value is -3.22. The molecule has 1 aromatic heterocycles. The minimum Gasteiger partial charge on any atom is -0.368 e. The van der Waals surface area contributed by atoms with E-state index in [0.717, 1.165) is 43.4 Å². The van der Waals surface area contributed by atoms with E-state index in [1.165, 1.54) is 30.6 Å². The van der Waals surface area contributed by atoms with Crippen molar-refractivity contribution < 1.29 is 8.78 Å². The lowest BCUT2D eigenvalue weighted by Crippen LogP contribution is -2.46. The van der Waals surface area contributed by atoms with Crippen LogP contribution in [0.1, 0.15) is 0 Å². The highest BCUT2D eigenvalue weighted by molar-refractivity contribution is 5.59. The van der Waals surface area contributed by atoms with Crippen LogP contribution in [0, 0.1) is 11.6 Å². The van der Waals surface area contributed by atoms with Gasteiger partial charge in [0.15, 0.2) is 0 Å². The van der Waals surface area contributed by atoms with Crippen molar-refractivity contribution in [2.45, 2.75) is 0 Å². The van der Waals surface area contributed by atoms with E-state index in [9.17, 15) is 8.78 Å². The fourth-order valence-electron chi connectivity index (χ4n) is 3.12. The molecule has 138 valence electrons. The van der Waals surface area contributed by atoms with Gasteiger partial charge in [0.1, 0.15) is 29.6 Å². The van der Waals surface area contributed by atoms with Crippen LogP contribution in [0.15, 0.2) is 60.9 Å². The maximum Gasteiger partial charge on any atom is 0.135 e. The van der Waals surface area contributed by atoms with E-state index in [-0.39, 0.29) is 11.6 Å². The molecule has 0 spiro atoms. The molecule has 0 saturated carbocycles. The van der Waals surface area contributed by atoms with E-state index in [4.69, 9.17) is 0 Å². The Balaban J connectivity index is 1.41. The van der Waals surface area contributed by atoms with E-state index < -0.39 is 0 Å². The topological polar surface area (TPSA) is 44.3 Å². The number of nitrogens with one attached hydrogen (secondary N) is 1. The van der Waals surface area contributed by atoms with E-state index in [1.54, 1.807) is 24.3 Å². The van der Waals surface area contributed by atoms with Crippen molar-refractivity contribution >= 4 is 23.0 Å². The molecule has 0 unspecified atom stereocenters. The number of benzene rings is 2. The SMILES string of the molecule is Fc1ccc(Nc2cc(N3CCN(c4ccc(F)cc4)CC3)ncn2)cc1. The smallest absolute Gasteiger partial charge is 0.135 e. The highest BCUT2D eigenvalue weighted by atomic mass is 19.1. The Morgan fingerprint density at radius 2 is 1.33 bits per heavy atom. The number of nitrogens with zero attached hydrogens (tertiary/aromatic N) is 4. The summed E-state index contributed by atoms with van der Waals surface area (Å²) in [5.41, 5.74) is 1.79. The second-order valence-corrected chi connectivity index (χ2v) is 6.34. The fraction of sp³-hybridized carbons (Fsp3) is 0.200. The molecule has 3 aromatic rings. The molecule has 1 aliphatic rings. The third kappa shape index (κ3) is 4.13. The van der Waals surface area contributed by atoms with Gasteiger partial charge in [0.25, 0.3) is 0 Å². The number of halogens is 2. The lowest BCUT2D eigenvalue weighted by molar-refractivity contribution is 0.624. The molecule has 4 rings (SSSR count). The van der Waals surface area contributed by atoms with Crippen molar-refractivity contribution in [1.82, 2.24) is 9.97 Å². The second kappa shape index (κ2) is 7.57. The van der Waals surface area contributed by atoms with E-state index in [1.807, 2.05) is 6.07 Å². The van der Waals surface area contributed by atoms with Crippen LogP contribution in [-0.4, -0.2) is 36.1 Å². The third-order valence-corrected chi connectivity index (χ3v) is 4.56. The second-order valence-electron chi connectivity index (χ2n) is 6.34. The van der Waals surface area contributed by atoms with Crippen molar-refractivity contribution in [2.75, 3.05) is 41.3 Å². The molecule has 0 amide bonds. The molecule has 0 radical (unpaired) electrons. The monoisotopic (exact) mass is 367 g/mol. The minimum absolute atomic E-state index is 0.223. The largest absolute Gasteiger partial charge is 0.368 e. The van der Waals surface area contributed by atoms with Crippen LogP contribution in [-0.2, 0) is 0 Å². The third-order valence-electron chi connectivity index (χ3n) is 4.56. The Kier molecular flexibility index (Phi) is 4.82. The summed E-state index contributed by atoms with van der Waals surface area (Å²) in [6.07, 6.45) is 1.52. The van der Waals surface area contributed by atoms with E-state index >= 15 is 0 Å². The molecule has 0 atom stereocenters. The summed E-state index contributed by atoms with van der Waals surface area (Å²) in [5, 5.41) is 3.16. The number of anilines is 4. The lowest BCUT2D eigenvalue weighted by atomic mass is 10.2. The van der Waals surface area contributed by atoms with Crippen molar-refractivity contribution in [2.24, 2.45) is 0 Å². The standard InChI is InChI=1S/C20H19F2N5/c21-15-1-5-17(6-2-15)25-19-13-20(24-14-23-19)27-11-9-26(10-12-27)18-7-3-16(22)4-8-18/h1-8,13-14H,9-12H2,(H,23,24,25). The van der Waals surface area contributed by atoms with Crippen LogP contribution in [0.25, 0.3) is 0 Å². The van der Waals surface area contributed by atoms with Gasteiger partial charge < -0.3 is 15.1 Å². The first-order valence-corrected chi connectivity index (χ1v) is 8.77. The van der Waals surface area contributed by atoms with Gasteiger partial charge in [0.2, 0.25) is 0 Å². The lowest BCUT2D eigenvalue weighted by Gasteiger charge is -2.36. The molecule has 0 bridgehead atoms. The summed E-state index contributed by atoms with van der Waals surface area (Å²) in [6.45, 7) is 3.28. The van der Waals surface area contributed by atoms with E-state index in [0.29, 0.717) is 5.82 Å². The van der Waals surface area contributed by atoms with Crippen molar-refractivity contribution in [3.8, 4) is 0 Å². The van der Waals surface area contributed by atoms with Gasteiger partial charge in [-0.3, -0.25) is 0 Å². The van der Waals surface area contributed by atoms with Crippen LogP contribution >= 0.6 is 0 Å². The van der Waals surface area contributed by atoms with Gasteiger partial charge in [0, 0.05) is 43.6 Å². The van der Waals surface area contributed by atoms with Gasteiger partial charge in [0.05, 0.1) is 0 Å². The Labute approximate surface area is 156 Å². The summed E-state index contributed by atoms with van der Waals surface area (Å²) < 4.78 is 26.1. The molecule has 2 heterocycles. The highest BCUT2D eigenvalue weighted by Crippen LogP contribution is 2.22. The van der Waals surface area contributed by atoms with Gasteiger partial charge in [-0.2, -0.15) is 0 Å². The molecular weight excluding hydrogens is 348 g/mol. The first-order chi connectivity index (χ1) is 13.2. The first kappa shape index (κ1) is 17.2. The van der Waals surface area contributed by atoms with Crippen LogP contribution in [0.4, 0.5) is 31.8 Å². The average molecular weight is 367 g/mol. The molecular formula is C20H19F2N5. The summed E-state index contributed by atoms with van der Waals surface area (Å²) in [4.78, 5) is 13.0. The number of aromatic nitrogens is 2. The van der Waals surface area contributed by atoms with Crippen molar-refractivity contribution in [3.05, 3.63) is 72.6 Å². The molecule has 1 saturated heterocycles. The van der Waals surface area contributed by atoms with E-state index in [2.05, 4.69) is 25.1 Å². The van der Waals surface area contributed by atoms with Crippen LogP contribution in [0.5, 0.6) is 0 Å². The zero-order valence-corrected chi connectivity index (χ0v) is 14.6. The van der Waals surface area contributed by atoms with Crippen molar-refractivity contribution in [3.63, 3.8) is 0 Å². The number of piperazine rings is 1.